The third kappa shape index (κ3) is 2.95. The second-order valence-electron chi connectivity index (χ2n) is 4.25. The zero-order valence-corrected chi connectivity index (χ0v) is 10.8. The summed E-state index contributed by atoms with van der Waals surface area (Å²) in [4.78, 5) is 13.8. The summed E-state index contributed by atoms with van der Waals surface area (Å²) in [6, 6.07) is 12.3. The van der Waals surface area contributed by atoms with E-state index in [0.717, 1.165) is 6.07 Å². The van der Waals surface area contributed by atoms with Gasteiger partial charge in [-0.25, -0.2) is 4.39 Å². The van der Waals surface area contributed by atoms with Gasteiger partial charge in [-0.15, -0.1) is 0 Å². The summed E-state index contributed by atoms with van der Waals surface area (Å²) in [5, 5.41) is 9.13. The quantitative estimate of drug-likeness (QED) is 0.838. The molecule has 0 bridgehead atoms. The number of aliphatic hydroxyl groups excluding tert-OH is 1. The van der Waals surface area contributed by atoms with Crippen molar-refractivity contribution in [2.24, 2.45) is 0 Å². The Balaban J connectivity index is 2.39. The predicted molar refractivity (Wildman–Crippen MR) is 76.0 cm³/mol. The smallest absolute Gasteiger partial charge is 0.258 e. The molecule has 0 heterocycles. The molecule has 0 aliphatic heterocycles. The van der Waals surface area contributed by atoms with E-state index >= 15 is 0 Å². The van der Waals surface area contributed by atoms with Gasteiger partial charge in [0.25, 0.3) is 5.91 Å². The minimum absolute atomic E-state index is 0.0869. The Morgan fingerprint density at radius 2 is 1.95 bits per heavy atom. The normalized spacial score (nSPS) is 10.3. The Bertz CT molecular complexity index is 616. The molecule has 4 nitrogen and oxygen atoms in total. The summed E-state index contributed by atoms with van der Waals surface area (Å²) in [5.74, 6) is -0.891. The van der Waals surface area contributed by atoms with Crippen LogP contribution in [0.4, 0.5) is 15.8 Å². The van der Waals surface area contributed by atoms with Gasteiger partial charge >= 0.3 is 0 Å². The molecular weight excluding hydrogens is 259 g/mol. The van der Waals surface area contributed by atoms with Gasteiger partial charge < -0.3 is 15.7 Å². The van der Waals surface area contributed by atoms with Gasteiger partial charge in [-0.1, -0.05) is 18.2 Å². The standard InChI is InChI=1S/C15H15FN2O2/c16-12-5-3-4-11(10-12)15(20)18(8-9-19)14-7-2-1-6-13(14)17/h1-7,10,19H,8-9,17H2. The fraction of sp³-hybridized carbons (Fsp3) is 0.133. The number of amides is 1. The summed E-state index contributed by atoms with van der Waals surface area (Å²) >= 11 is 0. The molecule has 0 unspecified atom stereocenters. The van der Waals surface area contributed by atoms with Crippen LogP contribution in [0, 0.1) is 5.82 Å². The molecule has 5 heteroatoms. The lowest BCUT2D eigenvalue weighted by atomic mass is 10.1. The second-order valence-corrected chi connectivity index (χ2v) is 4.25. The molecule has 20 heavy (non-hydrogen) atoms. The summed E-state index contributed by atoms with van der Waals surface area (Å²) in [6.45, 7) is -0.126. The first-order valence-corrected chi connectivity index (χ1v) is 6.16. The van der Waals surface area contributed by atoms with E-state index in [2.05, 4.69) is 0 Å². The zero-order chi connectivity index (χ0) is 14.5. The Labute approximate surface area is 116 Å². The van der Waals surface area contributed by atoms with Crippen molar-refractivity contribution >= 4 is 17.3 Å². The van der Waals surface area contributed by atoms with Crippen LogP contribution < -0.4 is 10.6 Å². The summed E-state index contributed by atoms with van der Waals surface area (Å²) in [6.07, 6.45) is 0. The lowest BCUT2D eigenvalue weighted by Crippen LogP contribution is -2.34. The Morgan fingerprint density at radius 1 is 1.20 bits per heavy atom. The average Bonchev–Trinajstić information content (AvgIpc) is 2.45. The molecule has 0 fully saturated rings. The number of nitrogens with zero attached hydrogens (tertiary/aromatic N) is 1. The average molecular weight is 274 g/mol. The fourth-order valence-corrected chi connectivity index (χ4v) is 1.94. The number of carbonyl (C=O) groups excluding carboxylic acids is 1. The third-order valence-corrected chi connectivity index (χ3v) is 2.87. The van der Waals surface area contributed by atoms with Crippen molar-refractivity contribution in [1.82, 2.24) is 0 Å². The molecule has 104 valence electrons. The van der Waals surface area contributed by atoms with Crippen LogP contribution in [0.3, 0.4) is 0 Å². The molecule has 0 saturated carbocycles. The van der Waals surface area contributed by atoms with Crippen molar-refractivity contribution in [3.63, 3.8) is 0 Å². The van der Waals surface area contributed by atoms with E-state index < -0.39 is 11.7 Å². The largest absolute Gasteiger partial charge is 0.397 e. The van der Waals surface area contributed by atoms with Gasteiger partial charge in [0.05, 0.1) is 18.0 Å². The van der Waals surface area contributed by atoms with E-state index in [1.807, 2.05) is 0 Å². The first-order chi connectivity index (χ1) is 9.63. The van der Waals surface area contributed by atoms with E-state index in [9.17, 15) is 9.18 Å². The number of benzene rings is 2. The first kappa shape index (κ1) is 14.0. The lowest BCUT2D eigenvalue weighted by Gasteiger charge is -2.23. The molecule has 3 N–H and O–H groups in total. The van der Waals surface area contributed by atoms with Crippen molar-refractivity contribution in [1.29, 1.82) is 0 Å². The number of nitrogens with two attached hydrogens (primary N) is 1. The van der Waals surface area contributed by atoms with Crippen LogP contribution in [0.25, 0.3) is 0 Å². The fourth-order valence-electron chi connectivity index (χ4n) is 1.94. The molecule has 2 rings (SSSR count). The first-order valence-electron chi connectivity index (χ1n) is 6.16. The van der Waals surface area contributed by atoms with Crippen molar-refractivity contribution in [2.45, 2.75) is 0 Å². The number of carbonyl (C=O) groups is 1. The van der Waals surface area contributed by atoms with E-state index in [4.69, 9.17) is 10.8 Å². The molecule has 0 atom stereocenters. The van der Waals surface area contributed by atoms with Crippen LogP contribution in [0.5, 0.6) is 0 Å². The number of nitrogen functional groups attached to an aromatic ring is 1. The summed E-state index contributed by atoms with van der Waals surface area (Å²) in [5.41, 5.74) is 6.98. The Hall–Kier alpha value is -2.40. The van der Waals surface area contributed by atoms with E-state index in [1.165, 1.54) is 23.1 Å². The molecule has 2 aromatic carbocycles. The number of hydrogen-bond acceptors (Lipinski definition) is 3. The highest BCUT2D eigenvalue weighted by molar-refractivity contribution is 6.07. The van der Waals surface area contributed by atoms with Gasteiger partial charge in [0, 0.05) is 12.1 Å². The molecule has 1 amide bonds. The highest BCUT2D eigenvalue weighted by atomic mass is 19.1. The summed E-state index contributed by atoms with van der Waals surface area (Å²) in [7, 11) is 0. The van der Waals surface area contributed by atoms with Gasteiger partial charge in [-0.3, -0.25) is 4.79 Å². The highest BCUT2D eigenvalue weighted by Crippen LogP contribution is 2.24. The predicted octanol–water partition coefficient (Wildman–Crippen LogP) is 2.05. The SMILES string of the molecule is Nc1ccccc1N(CCO)C(=O)c1cccc(F)c1. The van der Waals surface area contributed by atoms with Crippen LogP contribution in [-0.2, 0) is 0 Å². The lowest BCUT2D eigenvalue weighted by molar-refractivity contribution is 0.0980. The van der Waals surface area contributed by atoms with E-state index in [-0.39, 0.29) is 18.7 Å². The molecule has 0 spiro atoms. The number of aliphatic hydroxyl groups is 1. The number of hydrogen-bond donors (Lipinski definition) is 2. The van der Waals surface area contributed by atoms with Gasteiger partial charge in [-0.05, 0) is 30.3 Å². The molecule has 0 aliphatic rings. The van der Waals surface area contributed by atoms with Gasteiger partial charge in [0.1, 0.15) is 5.82 Å². The molecule has 0 aromatic heterocycles. The number of rotatable bonds is 4. The highest BCUT2D eigenvalue weighted by Gasteiger charge is 2.19. The van der Waals surface area contributed by atoms with Crippen molar-refractivity contribution in [3.05, 3.63) is 59.9 Å². The van der Waals surface area contributed by atoms with Crippen molar-refractivity contribution in [3.8, 4) is 0 Å². The van der Waals surface area contributed by atoms with Crippen LogP contribution in [-0.4, -0.2) is 24.2 Å². The third-order valence-electron chi connectivity index (χ3n) is 2.87. The summed E-state index contributed by atoms with van der Waals surface area (Å²) < 4.78 is 13.2. The minimum Gasteiger partial charge on any atom is -0.397 e. The maximum absolute atomic E-state index is 13.2. The Kier molecular flexibility index (Phi) is 4.32. The molecule has 0 saturated heterocycles. The van der Waals surface area contributed by atoms with Crippen LogP contribution >= 0.6 is 0 Å². The minimum atomic E-state index is -0.485. The van der Waals surface area contributed by atoms with Gasteiger partial charge in [-0.2, -0.15) is 0 Å². The van der Waals surface area contributed by atoms with Crippen LogP contribution in [0.1, 0.15) is 10.4 Å². The molecule has 0 radical (unpaired) electrons. The maximum Gasteiger partial charge on any atom is 0.258 e. The maximum atomic E-state index is 13.2. The van der Waals surface area contributed by atoms with Crippen molar-refractivity contribution < 1.29 is 14.3 Å². The van der Waals surface area contributed by atoms with E-state index in [0.29, 0.717) is 11.4 Å². The molecule has 0 aliphatic carbocycles. The number of para-hydroxylation sites is 2. The topological polar surface area (TPSA) is 66.6 Å². The Morgan fingerprint density at radius 3 is 2.60 bits per heavy atom. The zero-order valence-electron chi connectivity index (χ0n) is 10.8. The van der Waals surface area contributed by atoms with Crippen LogP contribution in [0.15, 0.2) is 48.5 Å². The number of halogens is 1. The molecule has 2 aromatic rings. The van der Waals surface area contributed by atoms with Crippen LogP contribution in [0.2, 0.25) is 0 Å². The van der Waals surface area contributed by atoms with Crippen molar-refractivity contribution in [2.75, 3.05) is 23.8 Å². The van der Waals surface area contributed by atoms with E-state index in [1.54, 1.807) is 24.3 Å². The number of anilines is 2. The van der Waals surface area contributed by atoms with Gasteiger partial charge in [0.2, 0.25) is 0 Å². The molecular formula is C15H15FN2O2. The van der Waals surface area contributed by atoms with Gasteiger partial charge in [0.15, 0.2) is 0 Å². The monoisotopic (exact) mass is 274 g/mol. The second kappa shape index (κ2) is 6.16.